The van der Waals surface area contributed by atoms with Crippen LogP contribution in [0.2, 0.25) is 0 Å². The zero-order chi connectivity index (χ0) is 49.9. The van der Waals surface area contributed by atoms with Crippen molar-refractivity contribution in [2.75, 3.05) is 47.5 Å². The Kier molecular flexibility index (Phi) is 48.4. The normalized spacial score (nSPS) is 13.7. The van der Waals surface area contributed by atoms with Gasteiger partial charge in [-0.1, -0.05) is 242 Å². The Bertz CT molecular complexity index is 1290. The zero-order valence-corrected chi connectivity index (χ0v) is 45.9. The zero-order valence-electron chi connectivity index (χ0n) is 45.1. The van der Waals surface area contributed by atoms with Crippen LogP contribution in [0.3, 0.4) is 0 Å². The van der Waals surface area contributed by atoms with Crippen molar-refractivity contribution >= 4 is 19.8 Å². The van der Waals surface area contributed by atoms with Crippen molar-refractivity contribution in [2.45, 2.75) is 264 Å². The van der Waals surface area contributed by atoms with Crippen molar-refractivity contribution in [1.82, 2.24) is 0 Å². The lowest BCUT2D eigenvalue weighted by Crippen LogP contribution is -2.37. The number of esters is 2. The molecule has 0 spiro atoms. The highest BCUT2D eigenvalue weighted by Gasteiger charge is 2.22. The van der Waals surface area contributed by atoms with E-state index in [9.17, 15) is 19.0 Å². The first-order valence-electron chi connectivity index (χ1n) is 28.3. The van der Waals surface area contributed by atoms with E-state index < -0.39 is 26.5 Å². The third-order valence-corrected chi connectivity index (χ3v) is 13.3. The van der Waals surface area contributed by atoms with Crippen LogP contribution in [0.1, 0.15) is 258 Å². The molecule has 9 nitrogen and oxygen atoms in total. The third kappa shape index (κ3) is 53.3. The maximum atomic E-state index is 12.8. The van der Waals surface area contributed by atoms with Crippen LogP contribution >= 0.6 is 7.82 Å². The molecular formula is C58H108NO8P. The Hall–Kier alpha value is -2.03. The van der Waals surface area contributed by atoms with E-state index in [1.54, 1.807) is 0 Å². The van der Waals surface area contributed by atoms with Crippen molar-refractivity contribution in [2.24, 2.45) is 0 Å². The molecule has 0 aliphatic carbocycles. The lowest BCUT2D eigenvalue weighted by Gasteiger charge is -2.28. The molecule has 398 valence electrons. The highest BCUT2D eigenvalue weighted by molar-refractivity contribution is 7.45. The number of unbranched alkanes of at least 4 members (excludes halogenated alkanes) is 30. The lowest BCUT2D eigenvalue weighted by molar-refractivity contribution is -0.870. The predicted molar refractivity (Wildman–Crippen MR) is 287 cm³/mol. The van der Waals surface area contributed by atoms with Gasteiger partial charge < -0.3 is 27.9 Å². The van der Waals surface area contributed by atoms with Crippen LogP contribution in [0, 0.1) is 0 Å². The highest BCUT2D eigenvalue weighted by atomic mass is 31.2. The minimum Gasteiger partial charge on any atom is -0.756 e. The van der Waals surface area contributed by atoms with Crippen molar-refractivity contribution < 1.29 is 42.1 Å². The van der Waals surface area contributed by atoms with Crippen LogP contribution in [0.15, 0.2) is 48.6 Å². The van der Waals surface area contributed by atoms with Gasteiger partial charge in [0.25, 0.3) is 7.82 Å². The molecule has 0 N–H and O–H groups in total. The number of hydrogen-bond donors (Lipinski definition) is 0. The monoisotopic (exact) mass is 978 g/mol. The summed E-state index contributed by atoms with van der Waals surface area (Å²) < 4.78 is 34.1. The number of nitrogens with zero attached hydrogens (tertiary/aromatic N) is 1. The highest BCUT2D eigenvalue weighted by Crippen LogP contribution is 2.38. The summed E-state index contributed by atoms with van der Waals surface area (Å²) in [5.74, 6) is -0.833. The Morgan fingerprint density at radius 2 is 0.838 bits per heavy atom. The van der Waals surface area contributed by atoms with Gasteiger partial charge in [0.05, 0.1) is 27.7 Å². The molecule has 2 unspecified atom stereocenters. The summed E-state index contributed by atoms with van der Waals surface area (Å²) in [5.41, 5.74) is 0. The van der Waals surface area contributed by atoms with Gasteiger partial charge in [0.1, 0.15) is 19.8 Å². The number of likely N-dealkylation sites (N-methyl/N-ethyl adjacent to an activating group) is 1. The molecule has 0 aliphatic rings. The lowest BCUT2D eigenvalue weighted by atomic mass is 10.0. The minimum absolute atomic E-state index is 0.0324. The largest absolute Gasteiger partial charge is 0.756 e. The molecule has 0 fully saturated rings. The van der Waals surface area contributed by atoms with Gasteiger partial charge in [0.15, 0.2) is 6.10 Å². The summed E-state index contributed by atoms with van der Waals surface area (Å²) in [4.78, 5) is 37.8. The number of hydrogen-bond acceptors (Lipinski definition) is 8. The molecule has 0 aromatic carbocycles. The first-order chi connectivity index (χ1) is 33.0. The Labute approximate surface area is 420 Å². The van der Waals surface area contributed by atoms with E-state index in [1.165, 1.54) is 154 Å². The predicted octanol–water partition coefficient (Wildman–Crippen LogP) is 16.7. The summed E-state index contributed by atoms with van der Waals surface area (Å²) in [6.45, 7) is 4.15. The second kappa shape index (κ2) is 49.9. The SMILES string of the molecule is CC/C=C\C/C=C\C/C=C\C/C=C\CCCCCCCCCCC(=O)OC(COC(=O)CCCCCCCCCCCCCCCCCCCCCCCCC)COP(=O)([O-])OCC[N+](C)(C)C. The van der Waals surface area contributed by atoms with Gasteiger partial charge in [-0.2, -0.15) is 0 Å². The number of phosphoric ester groups is 1. The first kappa shape index (κ1) is 66.0. The average molecular weight is 978 g/mol. The number of allylic oxidation sites excluding steroid dienone is 8. The van der Waals surface area contributed by atoms with Gasteiger partial charge in [-0.15, -0.1) is 0 Å². The van der Waals surface area contributed by atoms with Crippen LogP contribution in [0.4, 0.5) is 0 Å². The number of ether oxygens (including phenoxy) is 2. The van der Waals surface area contributed by atoms with E-state index in [0.717, 1.165) is 70.6 Å². The van der Waals surface area contributed by atoms with E-state index in [1.807, 2.05) is 21.1 Å². The van der Waals surface area contributed by atoms with Crippen molar-refractivity contribution in [3.63, 3.8) is 0 Å². The maximum absolute atomic E-state index is 12.8. The van der Waals surface area contributed by atoms with Crippen LogP contribution < -0.4 is 4.89 Å². The van der Waals surface area contributed by atoms with Gasteiger partial charge in [-0.05, 0) is 51.4 Å². The second-order valence-electron chi connectivity index (χ2n) is 20.3. The molecule has 0 rings (SSSR count). The van der Waals surface area contributed by atoms with E-state index in [-0.39, 0.29) is 32.0 Å². The molecule has 0 aromatic heterocycles. The number of carbonyl (C=O) groups is 2. The fourth-order valence-corrected chi connectivity index (χ4v) is 8.73. The summed E-state index contributed by atoms with van der Waals surface area (Å²) in [5, 5.41) is 0. The fraction of sp³-hybridized carbons (Fsp3) is 0.828. The molecular weight excluding hydrogens is 870 g/mol. The molecule has 0 heterocycles. The maximum Gasteiger partial charge on any atom is 0.306 e. The van der Waals surface area contributed by atoms with Gasteiger partial charge in [-0.3, -0.25) is 14.2 Å². The standard InChI is InChI=1S/C58H108NO8P/c1-6-8-10-12-14-16-18-20-22-24-26-28-29-31-32-34-36-38-40-42-44-46-48-50-57(60)64-54-56(55-66-68(62,63)65-53-52-59(3,4)5)67-58(61)51-49-47-45-43-41-39-37-35-33-30-27-25-23-21-19-17-15-13-11-9-7-2/h9,11,15,17,21,23,27,30,56H,6-8,10,12-14,16,18-20,22,24-26,28-29,31-55H2,1-5H3/b11-9-,17-15-,23-21-,30-27-. The number of phosphoric acid groups is 1. The molecule has 68 heavy (non-hydrogen) atoms. The molecule has 0 bridgehead atoms. The topological polar surface area (TPSA) is 111 Å². The van der Waals surface area contributed by atoms with Crippen molar-refractivity contribution in [3.05, 3.63) is 48.6 Å². The van der Waals surface area contributed by atoms with Crippen LogP contribution in [0.25, 0.3) is 0 Å². The van der Waals surface area contributed by atoms with Crippen molar-refractivity contribution in [1.29, 1.82) is 0 Å². The third-order valence-electron chi connectivity index (χ3n) is 12.4. The Balaban J connectivity index is 4.17. The molecule has 0 saturated heterocycles. The summed E-state index contributed by atoms with van der Waals surface area (Å²) in [6, 6.07) is 0. The first-order valence-corrected chi connectivity index (χ1v) is 29.8. The fourth-order valence-electron chi connectivity index (χ4n) is 8.00. The molecule has 0 radical (unpaired) electrons. The van der Waals surface area contributed by atoms with Crippen molar-refractivity contribution in [3.8, 4) is 0 Å². The number of quaternary nitrogens is 1. The van der Waals surface area contributed by atoms with Crippen LogP contribution in [0.5, 0.6) is 0 Å². The van der Waals surface area contributed by atoms with E-state index in [2.05, 4.69) is 62.5 Å². The minimum atomic E-state index is -4.64. The van der Waals surface area contributed by atoms with E-state index >= 15 is 0 Å². The smallest absolute Gasteiger partial charge is 0.306 e. The van der Waals surface area contributed by atoms with Gasteiger partial charge in [0, 0.05) is 12.8 Å². The summed E-state index contributed by atoms with van der Waals surface area (Å²) in [7, 11) is 1.17. The van der Waals surface area contributed by atoms with E-state index in [0.29, 0.717) is 17.4 Å². The molecule has 0 aromatic rings. The molecule has 10 heteroatoms. The quantitative estimate of drug-likeness (QED) is 0.0195. The second-order valence-corrected chi connectivity index (χ2v) is 21.7. The molecule has 0 aliphatic heterocycles. The van der Waals surface area contributed by atoms with Crippen LogP contribution in [-0.2, 0) is 32.7 Å². The summed E-state index contributed by atoms with van der Waals surface area (Å²) in [6.07, 6.45) is 61.5. The number of rotatable bonds is 52. The molecule has 0 amide bonds. The molecule has 2 atom stereocenters. The van der Waals surface area contributed by atoms with Gasteiger partial charge in [-0.25, -0.2) is 0 Å². The molecule has 0 saturated carbocycles. The Morgan fingerprint density at radius 1 is 0.471 bits per heavy atom. The van der Waals surface area contributed by atoms with Crippen LogP contribution in [-0.4, -0.2) is 70.0 Å². The number of carbonyl (C=O) groups excluding carboxylic acids is 2. The van der Waals surface area contributed by atoms with Gasteiger partial charge in [0.2, 0.25) is 0 Å². The van der Waals surface area contributed by atoms with Gasteiger partial charge >= 0.3 is 11.9 Å². The average Bonchev–Trinajstić information content (AvgIpc) is 3.30. The summed E-state index contributed by atoms with van der Waals surface area (Å²) >= 11 is 0. The Morgan fingerprint density at radius 3 is 1.25 bits per heavy atom. The van der Waals surface area contributed by atoms with E-state index in [4.69, 9.17) is 18.5 Å².